The summed E-state index contributed by atoms with van der Waals surface area (Å²) in [5.41, 5.74) is 1.50. The van der Waals surface area contributed by atoms with Gasteiger partial charge in [-0.3, -0.25) is 4.79 Å². The summed E-state index contributed by atoms with van der Waals surface area (Å²) in [5, 5.41) is 0. The first-order chi connectivity index (χ1) is 11.3. The Balaban J connectivity index is 1.44. The molecule has 0 aromatic rings. The van der Waals surface area contributed by atoms with Crippen molar-refractivity contribution in [1.29, 1.82) is 0 Å². The molecule has 0 amide bonds. The Kier molecular flexibility index (Phi) is 4.60. The molecule has 0 spiro atoms. The van der Waals surface area contributed by atoms with Crippen LogP contribution in [0.15, 0.2) is 11.6 Å². The van der Waals surface area contributed by atoms with E-state index in [0.717, 1.165) is 42.4 Å². The lowest BCUT2D eigenvalue weighted by Crippen LogP contribution is -2.45. The summed E-state index contributed by atoms with van der Waals surface area (Å²) < 4.78 is 10.9. The van der Waals surface area contributed by atoms with Crippen molar-refractivity contribution in [2.75, 3.05) is 13.9 Å². The zero-order chi connectivity index (χ0) is 15.8. The fourth-order valence-electron chi connectivity index (χ4n) is 6.27. The van der Waals surface area contributed by atoms with Crippen LogP contribution in [-0.2, 0) is 14.3 Å². The van der Waals surface area contributed by atoms with Crippen LogP contribution in [0.25, 0.3) is 0 Å². The van der Waals surface area contributed by atoms with Gasteiger partial charge in [0.25, 0.3) is 0 Å². The molecule has 6 atom stereocenters. The summed E-state index contributed by atoms with van der Waals surface area (Å²) in [4.78, 5) is 11.7. The van der Waals surface area contributed by atoms with Gasteiger partial charge in [0.15, 0.2) is 5.78 Å². The standard InChI is InChI=1S/C20H30O3/c1-22-12-23-16-5-9-18-14(11-16)3-7-19-17-8-4-15(21)10-13(17)2-6-20(18)19/h10,14,16-20H,2-9,11-12H2,1H3/t14-,16+,17+,18-,19-,20+/m0/s1. The quantitative estimate of drug-likeness (QED) is 0.734. The number of rotatable bonds is 3. The van der Waals surface area contributed by atoms with Gasteiger partial charge in [0.05, 0.1) is 6.10 Å². The number of hydrogen-bond donors (Lipinski definition) is 0. The van der Waals surface area contributed by atoms with Crippen molar-refractivity contribution in [3.8, 4) is 0 Å². The molecule has 3 saturated carbocycles. The first-order valence-electron chi connectivity index (χ1n) is 9.60. The second kappa shape index (κ2) is 6.68. The van der Waals surface area contributed by atoms with Crippen molar-refractivity contribution in [2.45, 2.75) is 63.9 Å². The average molecular weight is 318 g/mol. The minimum absolute atomic E-state index is 0.374. The van der Waals surface area contributed by atoms with Gasteiger partial charge in [-0.25, -0.2) is 0 Å². The lowest BCUT2D eigenvalue weighted by atomic mass is 9.53. The molecule has 0 radical (unpaired) electrons. The molecule has 3 heteroatoms. The first-order valence-corrected chi connectivity index (χ1v) is 9.60. The Morgan fingerprint density at radius 3 is 2.74 bits per heavy atom. The summed E-state index contributed by atoms with van der Waals surface area (Å²) >= 11 is 0. The number of carbonyl (C=O) groups is 1. The van der Waals surface area contributed by atoms with E-state index in [1.54, 1.807) is 7.11 Å². The van der Waals surface area contributed by atoms with E-state index in [1.807, 2.05) is 6.08 Å². The molecule has 0 saturated heterocycles. The third-order valence-electron chi connectivity index (χ3n) is 7.19. The molecule has 0 heterocycles. The highest BCUT2D eigenvalue weighted by atomic mass is 16.7. The highest BCUT2D eigenvalue weighted by molar-refractivity contribution is 5.91. The van der Waals surface area contributed by atoms with Crippen LogP contribution in [0.4, 0.5) is 0 Å². The topological polar surface area (TPSA) is 35.5 Å². The molecule has 3 fully saturated rings. The van der Waals surface area contributed by atoms with Crippen molar-refractivity contribution in [2.24, 2.45) is 29.6 Å². The van der Waals surface area contributed by atoms with Crippen molar-refractivity contribution in [3.63, 3.8) is 0 Å². The van der Waals surface area contributed by atoms with Gasteiger partial charge in [0, 0.05) is 13.5 Å². The normalized spacial score (nSPS) is 43.2. The predicted molar refractivity (Wildman–Crippen MR) is 88.8 cm³/mol. The van der Waals surface area contributed by atoms with E-state index in [4.69, 9.17) is 9.47 Å². The second-order valence-corrected chi connectivity index (χ2v) is 8.21. The number of hydrogen-bond acceptors (Lipinski definition) is 3. The van der Waals surface area contributed by atoms with Crippen LogP contribution in [0.3, 0.4) is 0 Å². The maximum atomic E-state index is 11.7. The fourth-order valence-corrected chi connectivity index (χ4v) is 6.27. The van der Waals surface area contributed by atoms with Gasteiger partial charge < -0.3 is 9.47 Å². The largest absolute Gasteiger partial charge is 0.359 e. The third-order valence-corrected chi connectivity index (χ3v) is 7.19. The highest BCUT2D eigenvalue weighted by Crippen LogP contribution is 2.56. The van der Waals surface area contributed by atoms with E-state index in [0.29, 0.717) is 18.7 Å². The lowest BCUT2D eigenvalue weighted by Gasteiger charge is -2.53. The van der Waals surface area contributed by atoms with Gasteiger partial charge in [-0.15, -0.1) is 0 Å². The van der Waals surface area contributed by atoms with E-state index < -0.39 is 0 Å². The number of ketones is 1. The van der Waals surface area contributed by atoms with Crippen LogP contribution in [-0.4, -0.2) is 25.8 Å². The van der Waals surface area contributed by atoms with Crippen LogP contribution >= 0.6 is 0 Å². The molecule has 3 nitrogen and oxygen atoms in total. The Labute approximate surface area is 139 Å². The van der Waals surface area contributed by atoms with Crippen LogP contribution in [0, 0.1) is 29.6 Å². The van der Waals surface area contributed by atoms with Crippen LogP contribution in [0.2, 0.25) is 0 Å². The molecule has 0 aromatic heterocycles. The molecular weight excluding hydrogens is 288 g/mol. The van der Waals surface area contributed by atoms with Gasteiger partial charge in [0.1, 0.15) is 6.79 Å². The van der Waals surface area contributed by atoms with Gasteiger partial charge >= 0.3 is 0 Å². The summed E-state index contributed by atoms with van der Waals surface area (Å²) in [6.07, 6.45) is 13.4. The Morgan fingerprint density at radius 2 is 1.87 bits per heavy atom. The molecule has 4 aliphatic carbocycles. The smallest absolute Gasteiger partial charge is 0.155 e. The minimum Gasteiger partial charge on any atom is -0.359 e. The monoisotopic (exact) mass is 318 g/mol. The Bertz CT molecular complexity index is 483. The zero-order valence-corrected chi connectivity index (χ0v) is 14.3. The number of carbonyl (C=O) groups excluding carboxylic acids is 1. The van der Waals surface area contributed by atoms with Crippen molar-refractivity contribution in [1.82, 2.24) is 0 Å². The highest BCUT2D eigenvalue weighted by Gasteiger charge is 2.47. The maximum absolute atomic E-state index is 11.7. The van der Waals surface area contributed by atoms with Crippen LogP contribution in [0.1, 0.15) is 57.8 Å². The van der Waals surface area contributed by atoms with Gasteiger partial charge in [0.2, 0.25) is 0 Å². The van der Waals surface area contributed by atoms with E-state index >= 15 is 0 Å². The van der Waals surface area contributed by atoms with Crippen molar-refractivity contribution < 1.29 is 14.3 Å². The second-order valence-electron chi connectivity index (χ2n) is 8.21. The maximum Gasteiger partial charge on any atom is 0.155 e. The average Bonchev–Trinajstić information content (AvgIpc) is 2.58. The fraction of sp³-hybridized carbons (Fsp3) is 0.850. The first kappa shape index (κ1) is 15.8. The van der Waals surface area contributed by atoms with Gasteiger partial charge in [-0.1, -0.05) is 5.57 Å². The Morgan fingerprint density at radius 1 is 1.00 bits per heavy atom. The van der Waals surface area contributed by atoms with Crippen molar-refractivity contribution >= 4 is 5.78 Å². The predicted octanol–water partition coefficient (Wildman–Crippen LogP) is 4.12. The lowest BCUT2D eigenvalue weighted by molar-refractivity contribution is -0.117. The molecule has 0 bridgehead atoms. The zero-order valence-electron chi connectivity index (χ0n) is 14.3. The van der Waals surface area contributed by atoms with Gasteiger partial charge in [-0.05, 0) is 87.0 Å². The Hall–Kier alpha value is -0.670. The molecular formula is C20H30O3. The number of ether oxygens (including phenoxy) is 2. The van der Waals surface area contributed by atoms with Crippen molar-refractivity contribution in [3.05, 3.63) is 11.6 Å². The molecule has 0 N–H and O–H groups in total. The molecule has 0 unspecified atom stereocenters. The molecule has 128 valence electrons. The van der Waals surface area contributed by atoms with E-state index in [9.17, 15) is 4.79 Å². The van der Waals surface area contributed by atoms with Gasteiger partial charge in [-0.2, -0.15) is 0 Å². The summed E-state index contributed by atoms with van der Waals surface area (Å²) in [6.45, 7) is 0.443. The SMILES string of the molecule is COCO[C@@H]1CC[C@H]2[C@@H](CC[C@@H]3[C@@H]2CCC2=CC(=O)CC[C@H]23)C1. The number of allylic oxidation sites excluding steroid dienone is 2. The molecule has 4 aliphatic rings. The van der Waals surface area contributed by atoms with E-state index in [1.165, 1.54) is 50.5 Å². The van der Waals surface area contributed by atoms with E-state index in [2.05, 4.69) is 0 Å². The summed E-state index contributed by atoms with van der Waals surface area (Å²) in [6, 6.07) is 0. The molecule has 4 rings (SSSR count). The number of fused-ring (bicyclic) bond motifs is 5. The van der Waals surface area contributed by atoms with Crippen LogP contribution < -0.4 is 0 Å². The third kappa shape index (κ3) is 3.02. The molecule has 0 aliphatic heterocycles. The number of methoxy groups -OCH3 is 1. The molecule has 23 heavy (non-hydrogen) atoms. The van der Waals surface area contributed by atoms with Crippen LogP contribution in [0.5, 0.6) is 0 Å². The summed E-state index contributed by atoms with van der Waals surface area (Å²) in [5.74, 6) is 4.65. The van der Waals surface area contributed by atoms with E-state index in [-0.39, 0.29) is 0 Å². The minimum atomic E-state index is 0.374. The molecule has 0 aromatic carbocycles. The summed E-state index contributed by atoms with van der Waals surface area (Å²) in [7, 11) is 1.71.